The van der Waals surface area contributed by atoms with Crippen LogP contribution in [0.4, 0.5) is 5.69 Å². The molecule has 1 saturated heterocycles. The number of hydrogen-bond donors (Lipinski definition) is 1. The first-order chi connectivity index (χ1) is 16.4. The van der Waals surface area contributed by atoms with Gasteiger partial charge in [0.2, 0.25) is 5.91 Å². The molecule has 0 saturated carbocycles. The third-order valence-electron chi connectivity index (χ3n) is 6.17. The average molecular weight is 499 g/mol. The molecule has 0 spiro atoms. The van der Waals surface area contributed by atoms with Crippen LogP contribution in [-0.2, 0) is 25.0 Å². The Hall–Kier alpha value is -2.87. The Kier molecular flexibility index (Phi) is 7.56. The van der Waals surface area contributed by atoms with E-state index in [1.54, 1.807) is 42.5 Å². The molecule has 34 heavy (non-hydrogen) atoms. The van der Waals surface area contributed by atoms with Crippen molar-refractivity contribution in [1.82, 2.24) is 5.32 Å². The van der Waals surface area contributed by atoms with E-state index >= 15 is 0 Å². The van der Waals surface area contributed by atoms with E-state index in [0.29, 0.717) is 30.5 Å². The SMILES string of the molecule is O=C(CN(c1cccc(Cl)c1)S(=O)(=O)c1ccccc1)NCC1(c2ccccc2)CCOCC1. The highest BCUT2D eigenvalue weighted by molar-refractivity contribution is 7.92. The van der Waals surface area contributed by atoms with Gasteiger partial charge in [0, 0.05) is 30.2 Å². The summed E-state index contributed by atoms with van der Waals surface area (Å²) in [6.45, 7) is 1.26. The molecule has 1 amide bonds. The quantitative estimate of drug-likeness (QED) is 0.499. The maximum Gasteiger partial charge on any atom is 0.264 e. The lowest BCUT2D eigenvalue weighted by Gasteiger charge is -2.38. The second-order valence-corrected chi connectivity index (χ2v) is 10.6. The van der Waals surface area contributed by atoms with Crippen LogP contribution in [0.25, 0.3) is 0 Å². The minimum Gasteiger partial charge on any atom is -0.381 e. The van der Waals surface area contributed by atoms with Gasteiger partial charge in [-0.1, -0.05) is 66.2 Å². The number of benzene rings is 3. The highest BCUT2D eigenvalue weighted by Crippen LogP contribution is 2.34. The van der Waals surface area contributed by atoms with E-state index in [0.717, 1.165) is 22.7 Å². The first kappa shape index (κ1) is 24.3. The van der Waals surface area contributed by atoms with Crippen molar-refractivity contribution in [3.05, 3.63) is 95.5 Å². The zero-order chi connectivity index (χ0) is 24.0. The van der Waals surface area contributed by atoms with Gasteiger partial charge in [-0.2, -0.15) is 0 Å². The van der Waals surface area contributed by atoms with Crippen LogP contribution in [0, 0.1) is 0 Å². The molecule has 0 bridgehead atoms. The smallest absolute Gasteiger partial charge is 0.264 e. The molecule has 1 fully saturated rings. The summed E-state index contributed by atoms with van der Waals surface area (Å²) in [5.41, 5.74) is 1.21. The van der Waals surface area contributed by atoms with Crippen molar-refractivity contribution in [3.63, 3.8) is 0 Å². The number of amides is 1. The van der Waals surface area contributed by atoms with Crippen molar-refractivity contribution in [2.45, 2.75) is 23.2 Å². The number of nitrogens with zero attached hydrogens (tertiary/aromatic N) is 1. The Bertz CT molecular complexity index is 1210. The number of halogens is 1. The number of anilines is 1. The van der Waals surface area contributed by atoms with E-state index in [9.17, 15) is 13.2 Å². The molecule has 6 nitrogen and oxygen atoms in total. The maximum absolute atomic E-state index is 13.5. The molecule has 0 radical (unpaired) electrons. The van der Waals surface area contributed by atoms with Gasteiger partial charge in [0.1, 0.15) is 6.54 Å². The first-order valence-corrected chi connectivity index (χ1v) is 13.0. The number of ether oxygens (including phenoxy) is 1. The number of rotatable bonds is 8. The number of hydrogen-bond acceptors (Lipinski definition) is 4. The molecular formula is C26H27ClN2O4S. The molecule has 4 rings (SSSR count). The van der Waals surface area contributed by atoms with Crippen molar-refractivity contribution in [2.75, 3.05) is 30.6 Å². The van der Waals surface area contributed by atoms with Crippen LogP contribution in [0.3, 0.4) is 0 Å². The highest BCUT2D eigenvalue weighted by atomic mass is 35.5. The van der Waals surface area contributed by atoms with Crippen LogP contribution >= 0.6 is 11.6 Å². The van der Waals surface area contributed by atoms with Crippen LogP contribution < -0.4 is 9.62 Å². The van der Waals surface area contributed by atoms with Crippen molar-refractivity contribution < 1.29 is 17.9 Å². The van der Waals surface area contributed by atoms with Crippen LogP contribution in [-0.4, -0.2) is 40.6 Å². The minimum absolute atomic E-state index is 0.105. The molecular weight excluding hydrogens is 472 g/mol. The molecule has 0 aliphatic carbocycles. The number of nitrogens with one attached hydrogen (secondary N) is 1. The van der Waals surface area contributed by atoms with Gasteiger partial charge in [-0.25, -0.2) is 8.42 Å². The molecule has 178 valence electrons. The van der Waals surface area contributed by atoms with Gasteiger partial charge in [-0.05, 0) is 48.7 Å². The lowest BCUT2D eigenvalue weighted by atomic mass is 9.74. The zero-order valence-electron chi connectivity index (χ0n) is 18.7. The topological polar surface area (TPSA) is 75.7 Å². The van der Waals surface area contributed by atoms with Crippen LogP contribution in [0.2, 0.25) is 5.02 Å². The Balaban J connectivity index is 1.57. The summed E-state index contributed by atoms with van der Waals surface area (Å²) in [6.07, 6.45) is 1.55. The summed E-state index contributed by atoms with van der Waals surface area (Å²) in [6, 6.07) is 24.6. The van der Waals surface area contributed by atoms with Gasteiger partial charge < -0.3 is 10.1 Å². The second kappa shape index (κ2) is 10.6. The van der Waals surface area contributed by atoms with Gasteiger partial charge in [0.15, 0.2) is 0 Å². The number of sulfonamides is 1. The van der Waals surface area contributed by atoms with Gasteiger partial charge in [0.25, 0.3) is 10.0 Å². The molecule has 1 aliphatic rings. The Morgan fingerprint density at radius 3 is 2.24 bits per heavy atom. The summed E-state index contributed by atoms with van der Waals surface area (Å²) >= 11 is 6.14. The van der Waals surface area contributed by atoms with Crippen LogP contribution in [0.1, 0.15) is 18.4 Å². The summed E-state index contributed by atoms with van der Waals surface area (Å²) in [4.78, 5) is 13.2. The van der Waals surface area contributed by atoms with E-state index in [2.05, 4.69) is 17.4 Å². The van der Waals surface area contributed by atoms with Crippen molar-refractivity contribution in [3.8, 4) is 0 Å². The molecule has 0 unspecified atom stereocenters. The molecule has 1 N–H and O–H groups in total. The summed E-state index contributed by atoms with van der Waals surface area (Å²) in [5, 5.41) is 3.38. The lowest BCUT2D eigenvalue weighted by Crippen LogP contribution is -2.48. The maximum atomic E-state index is 13.5. The third-order valence-corrected chi connectivity index (χ3v) is 8.20. The van der Waals surface area contributed by atoms with Gasteiger partial charge in [0.05, 0.1) is 10.6 Å². The molecule has 3 aromatic carbocycles. The predicted octanol–water partition coefficient (Wildman–Crippen LogP) is 4.40. The summed E-state index contributed by atoms with van der Waals surface area (Å²) in [5.74, 6) is -0.388. The van der Waals surface area contributed by atoms with Crippen molar-refractivity contribution >= 4 is 33.2 Å². The Labute approximate surface area is 205 Å². The summed E-state index contributed by atoms with van der Waals surface area (Å²) < 4.78 is 33.6. The number of carbonyl (C=O) groups is 1. The van der Waals surface area contributed by atoms with Gasteiger partial charge >= 0.3 is 0 Å². The van der Waals surface area contributed by atoms with Crippen LogP contribution in [0.5, 0.6) is 0 Å². The molecule has 8 heteroatoms. The van der Waals surface area contributed by atoms with Crippen molar-refractivity contribution in [1.29, 1.82) is 0 Å². The average Bonchev–Trinajstić information content (AvgIpc) is 2.87. The monoisotopic (exact) mass is 498 g/mol. The van der Waals surface area contributed by atoms with Gasteiger partial charge in [-0.15, -0.1) is 0 Å². The first-order valence-electron chi connectivity index (χ1n) is 11.1. The fraction of sp³-hybridized carbons (Fsp3) is 0.269. The fourth-order valence-electron chi connectivity index (χ4n) is 4.24. The predicted molar refractivity (Wildman–Crippen MR) is 134 cm³/mol. The third kappa shape index (κ3) is 5.43. The largest absolute Gasteiger partial charge is 0.381 e. The highest BCUT2D eigenvalue weighted by Gasteiger charge is 2.35. The van der Waals surface area contributed by atoms with Gasteiger partial charge in [-0.3, -0.25) is 9.10 Å². The standard InChI is InChI=1S/C26H27ClN2O4S/c27-22-10-7-11-23(18-22)29(34(31,32)24-12-5-2-6-13-24)19-25(30)28-20-26(14-16-33-17-15-26)21-8-3-1-4-9-21/h1-13,18H,14-17,19-20H2,(H,28,30). The number of carbonyl (C=O) groups excluding carboxylic acids is 1. The molecule has 0 aromatic heterocycles. The summed E-state index contributed by atoms with van der Waals surface area (Å²) in [7, 11) is -3.98. The van der Waals surface area contributed by atoms with Crippen molar-refractivity contribution in [2.24, 2.45) is 0 Å². The molecule has 0 atom stereocenters. The minimum atomic E-state index is -3.98. The normalized spacial score (nSPS) is 15.4. The van der Waals surface area contributed by atoms with E-state index in [4.69, 9.17) is 16.3 Å². The van der Waals surface area contributed by atoms with E-state index < -0.39 is 10.0 Å². The fourth-order valence-corrected chi connectivity index (χ4v) is 5.86. The molecule has 1 aliphatic heterocycles. The van der Waals surface area contributed by atoms with Crippen LogP contribution in [0.15, 0.2) is 89.8 Å². The molecule has 1 heterocycles. The zero-order valence-corrected chi connectivity index (χ0v) is 20.3. The lowest BCUT2D eigenvalue weighted by molar-refractivity contribution is -0.120. The second-order valence-electron chi connectivity index (χ2n) is 8.34. The van der Waals surface area contributed by atoms with E-state index in [-0.39, 0.29) is 22.8 Å². The van der Waals surface area contributed by atoms with E-state index in [1.807, 2.05) is 18.2 Å². The molecule has 3 aromatic rings. The Morgan fingerprint density at radius 2 is 1.59 bits per heavy atom. The Morgan fingerprint density at radius 1 is 0.941 bits per heavy atom. The van der Waals surface area contributed by atoms with E-state index in [1.165, 1.54) is 12.1 Å².